The predicted molar refractivity (Wildman–Crippen MR) is 73.2 cm³/mol. The number of ketones is 1. The van der Waals surface area contributed by atoms with E-state index in [1.807, 2.05) is 32.0 Å². The second-order valence-electron chi connectivity index (χ2n) is 5.41. The monoisotopic (exact) mass is 247 g/mol. The van der Waals surface area contributed by atoms with Gasteiger partial charge in [0.25, 0.3) is 0 Å². The van der Waals surface area contributed by atoms with E-state index in [-0.39, 0.29) is 17.8 Å². The molecule has 0 aromatic heterocycles. The van der Waals surface area contributed by atoms with Crippen molar-refractivity contribution in [3.8, 4) is 0 Å². The number of anilines is 1. The molecule has 1 aromatic carbocycles. The normalized spacial score (nSPS) is 15.9. The molecule has 2 rings (SSSR count). The standard InChI is InChI=1S/C15H21NO2/c1-10(2)15(18)9-16-7-6-13-8-12(11(3)17)4-5-14(13)16/h4-5,8,10,15,18H,6-7,9H2,1-3H3. The van der Waals surface area contributed by atoms with Gasteiger partial charge in [-0.25, -0.2) is 0 Å². The van der Waals surface area contributed by atoms with Crippen molar-refractivity contribution in [1.29, 1.82) is 0 Å². The molecule has 3 heteroatoms. The highest BCUT2D eigenvalue weighted by Crippen LogP contribution is 2.29. The van der Waals surface area contributed by atoms with Gasteiger partial charge in [-0.15, -0.1) is 0 Å². The molecule has 1 N–H and O–H groups in total. The van der Waals surface area contributed by atoms with E-state index in [1.165, 1.54) is 11.3 Å². The molecule has 1 aliphatic rings. The second kappa shape index (κ2) is 5.11. The van der Waals surface area contributed by atoms with Crippen molar-refractivity contribution in [1.82, 2.24) is 0 Å². The van der Waals surface area contributed by atoms with Gasteiger partial charge in [0.15, 0.2) is 5.78 Å². The fraction of sp³-hybridized carbons (Fsp3) is 0.533. The molecule has 0 fully saturated rings. The zero-order chi connectivity index (χ0) is 13.3. The van der Waals surface area contributed by atoms with Crippen LogP contribution in [-0.4, -0.2) is 30.1 Å². The summed E-state index contributed by atoms with van der Waals surface area (Å²) in [6.07, 6.45) is 0.657. The molecule has 1 unspecified atom stereocenters. The van der Waals surface area contributed by atoms with Gasteiger partial charge in [-0.3, -0.25) is 4.79 Å². The molecule has 1 atom stereocenters. The molecule has 1 aromatic rings. The topological polar surface area (TPSA) is 40.5 Å². The fourth-order valence-corrected chi connectivity index (χ4v) is 2.32. The Labute approximate surface area is 108 Å². The lowest BCUT2D eigenvalue weighted by molar-refractivity contribution is 0.101. The Morgan fingerprint density at radius 1 is 1.44 bits per heavy atom. The number of β-amino-alcohol motifs (C(OH)–C–C–N with tert-alkyl or cyclic N) is 1. The van der Waals surface area contributed by atoms with E-state index < -0.39 is 0 Å². The fourth-order valence-electron chi connectivity index (χ4n) is 2.32. The number of benzene rings is 1. The maximum Gasteiger partial charge on any atom is 0.159 e. The van der Waals surface area contributed by atoms with Gasteiger partial charge in [-0.05, 0) is 43.0 Å². The summed E-state index contributed by atoms with van der Waals surface area (Å²) in [6.45, 7) is 7.25. The summed E-state index contributed by atoms with van der Waals surface area (Å²) in [4.78, 5) is 13.6. The maximum atomic E-state index is 11.3. The van der Waals surface area contributed by atoms with Gasteiger partial charge in [0.2, 0.25) is 0 Å². The number of hydrogen-bond donors (Lipinski definition) is 1. The molecule has 3 nitrogen and oxygen atoms in total. The van der Waals surface area contributed by atoms with E-state index in [9.17, 15) is 9.90 Å². The van der Waals surface area contributed by atoms with E-state index in [2.05, 4.69) is 4.90 Å². The summed E-state index contributed by atoms with van der Waals surface area (Å²) >= 11 is 0. The van der Waals surface area contributed by atoms with Crippen LogP contribution in [0.25, 0.3) is 0 Å². The maximum absolute atomic E-state index is 11.3. The first-order chi connectivity index (χ1) is 8.49. The van der Waals surface area contributed by atoms with Gasteiger partial charge >= 0.3 is 0 Å². The summed E-state index contributed by atoms with van der Waals surface area (Å²) in [5.41, 5.74) is 3.17. The zero-order valence-electron chi connectivity index (χ0n) is 11.3. The van der Waals surface area contributed by atoms with Crippen molar-refractivity contribution < 1.29 is 9.90 Å². The lowest BCUT2D eigenvalue weighted by Crippen LogP contribution is -2.33. The van der Waals surface area contributed by atoms with Crippen LogP contribution in [0.2, 0.25) is 0 Å². The highest BCUT2D eigenvalue weighted by Gasteiger charge is 2.23. The first-order valence-corrected chi connectivity index (χ1v) is 6.56. The van der Waals surface area contributed by atoms with Crippen molar-refractivity contribution in [3.05, 3.63) is 29.3 Å². The molecule has 0 amide bonds. The average molecular weight is 247 g/mol. The van der Waals surface area contributed by atoms with Crippen LogP contribution in [-0.2, 0) is 6.42 Å². The summed E-state index contributed by atoms with van der Waals surface area (Å²) in [5.74, 6) is 0.379. The number of nitrogens with zero attached hydrogens (tertiary/aromatic N) is 1. The van der Waals surface area contributed by atoms with E-state index in [4.69, 9.17) is 0 Å². The molecule has 0 radical (unpaired) electrons. The Bertz CT molecular complexity index is 454. The number of rotatable bonds is 4. The van der Waals surface area contributed by atoms with Crippen LogP contribution in [0.5, 0.6) is 0 Å². The van der Waals surface area contributed by atoms with Crippen molar-refractivity contribution in [2.75, 3.05) is 18.0 Å². The van der Waals surface area contributed by atoms with Crippen molar-refractivity contribution >= 4 is 11.5 Å². The van der Waals surface area contributed by atoms with Gasteiger partial charge in [-0.2, -0.15) is 0 Å². The first-order valence-electron chi connectivity index (χ1n) is 6.56. The third-order valence-electron chi connectivity index (χ3n) is 3.65. The lowest BCUT2D eigenvalue weighted by Gasteiger charge is -2.25. The van der Waals surface area contributed by atoms with E-state index >= 15 is 0 Å². The smallest absolute Gasteiger partial charge is 0.159 e. The predicted octanol–water partition coefficient (Wildman–Crippen LogP) is 2.27. The molecular weight excluding hydrogens is 226 g/mol. The molecule has 0 bridgehead atoms. The number of fused-ring (bicyclic) bond motifs is 1. The molecular formula is C15H21NO2. The summed E-state index contributed by atoms with van der Waals surface area (Å²) in [5, 5.41) is 9.96. The minimum Gasteiger partial charge on any atom is -0.391 e. The van der Waals surface area contributed by atoms with Gasteiger partial charge in [0.05, 0.1) is 6.10 Å². The molecule has 1 aliphatic heterocycles. The Balaban J connectivity index is 2.16. The zero-order valence-corrected chi connectivity index (χ0v) is 11.3. The van der Waals surface area contributed by atoms with Gasteiger partial charge in [0.1, 0.15) is 0 Å². The van der Waals surface area contributed by atoms with Crippen LogP contribution < -0.4 is 4.90 Å². The number of aliphatic hydroxyl groups excluding tert-OH is 1. The molecule has 1 heterocycles. The summed E-state index contributed by atoms with van der Waals surface area (Å²) in [6, 6.07) is 5.87. The SMILES string of the molecule is CC(=O)c1ccc2c(c1)CCN2CC(O)C(C)C. The van der Waals surface area contributed by atoms with Crippen molar-refractivity contribution in [2.24, 2.45) is 5.92 Å². The Morgan fingerprint density at radius 2 is 2.17 bits per heavy atom. The third-order valence-corrected chi connectivity index (χ3v) is 3.65. The van der Waals surface area contributed by atoms with Gasteiger partial charge in [0, 0.05) is 24.3 Å². The number of Topliss-reactive ketones (excluding diaryl/α,β-unsaturated/α-hetero) is 1. The van der Waals surface area contributed by atoms with Crippen LogP contribution in [0.1, 0.15) is 36.7 Å². The Hall–Kier alpha value is -1.35. The lowest BCUT2D eigenvalue weighted by atomic mass is 10.1. The van der Waals surface area contributed by atoms with E-state index in [0.29, 0.717) is 6.54 Å². The number of carbonyl (C=O) groups excluding carboxylic acids is 1. The van der Waals surface area contributed by atoms with Crippen LogP contribution >= 0.6 is 0 Å². The van der Waals surface area contributed by atoms with Crippen molar-refractivity contribution in [2.45, 2.75) is 33.3 Å². The van der Waals surface area contributed by atoms with E-state index in [0.717, 1.165) is 18.5 Å². The molecule has 0 saturated heterocycles. The molecule has 0 saturated carbocycles. The summed E-state index contributed by atoms with van der Waals surface area (Å²) < 4.78 is 0. The molecule has 0 spiro atoms. The summed E-state index contributed by atoms with van der Waals surface area (Å²) in [7, 11) is 0. The first kappa shape index (κ1) is 13.1. The highest BCUT2D eigenvalue weighted by molar-refractivity contribution is 5.94. The Morgan fingerprint density at radius 3 is 2.78 bits per heavy atom. The van der Waals surface area contributed by atoms with Gasteiger partial charge in [-0.1, -0.05) is 13.8 Å². The highest BCUT2D eigenvalue weighted by atomic mass is 16.3. The van der Waals surface area contributed by atoms with E-state index in [1.54, 1.807) is 6.92 Å². The van der Waals surface area contributed by atoms with Gasteiger partial charge < -0.3 is 10.0 Å². The molecule has 18 heavy (non-hydrogen) atoms. The third kappa shape index (κ3) is 2.56. The van der Waals surface area contributed by atoms with Crippen LogP contribution in [0.4, 0.5) is 5.69 Å². The quantitative estimate of drug-likeness (QED) is 0.830. The number of hydrogen-bond acceptors (Lipinski definition) is 3. The largest absolute Gasteiger partial charge is 0.391 e. The number of aliphatic hydroxyl groups is 1. The Kier molecular flexibility index (Phi) is 3.71. The van der Waals surface area contributed by atoms with Crippen molar-refractivity contribution in [3.63, 3.8) is 0 Å². The van der Waals surface area contributed by atoms with Crippen LogP contribution in [0.3, 0.4) is 0 Å². The average Bonchev–Trinajstić information content (AvgIpc) is 2.71. The second-order valence-corrected chi connectivity index (χ2v) is 5.41. The van der Waals surface area contributed by atoms with Crippen LogP contribution in [0, 0.1) is 5.92 Å². The molecule has 0 aliphatic carbocycles. The minimum absolute atomic E-state index is 0.110. The van der Waals surface area contributed by atoms with Crippen LogP contribution in [0.15, 0.2) is 18.2 Å². The number of carbonyl (C=O) groups is 1. The minimum atomic E-state index is -0.302. The molecule has 98 valence electrons.